The van der Waals surface area contributed by atoms with Gasteiger partial charge in [0.1, 0.15) is 10.8 Å². The fraction of sp³-hybridized carbons (Fsp3) is 0.364. The van der Waals surface area contributed by atoms with Crippen molar-refractivity contribution in [3.63, 3.8) is 0 Å². The molecule has 3 rings (SSSR count). The summed E-state index contributed by atoms with van der Waals surface area (Å²) in [6.07, 6.45) is 0.725. The van der Waals surface area contributed by atoms with Crippen LogP contribution in [0.5, 0.6) is 5.75 Å². The minimum absolute atomic E-state index is 0.0488. The molecule has 8 nitrogen and oxygen atoms in total. The van der Waals surface area contributed by atoms with E-state index in [1.807, 2.05) is 23.6 Å². The van der Waals surface area contributed by atoms with Gasteiger partial charge in [0.05, 0.1) is 30.6 Å². The van der Waals surface area contributed by atoms with Crippen LogP contribution in [0.1, 0.15) is 36.7 Å². The smallest absolute Gasteiger partial charge is 0.341 e. The van der Waals surface area contributed by atoms with Crippen LogP contribution in [-0.2, 0) is 16.0 Å². The Labute approximate surface area is 194 Å². The molecule has 0 atom stereocenters. The Morgan fingerprint density at radius 2 is 2.03 bits per heavy atom. The number of amides is 1. The first-order chi connectivity index (χ1) is 15.4. The monoisotopic (exact) mass is 475 g/mol. The Hall–Kier alpha value is -2.85. The SMILES string of the molecule is CCOC(=O)c1c(CC(C)C)csc1NC(=O)CSc1nnc(-c2ccccc2OC)o1. The molecule has 0 saturated heterocycles. The number of thioether (sulfide) groups is 1. The molecule has 0 aliphatic carbocycles. The Kier molecular flexibility index (Phi) is 8.29. The van der Waals surface area contributed by atoms with Crippen LogP contribution < -0.4 is 10.1 Å². The minimum atomic E-state index is -0.425. The molecule has 2 heterocycles. The summed E-state index contributed by atoms with van der Waals surface area (Å²) in [5.41, 5.74) is 1.99. The van der Waals surface area contributed by atoms with Crippen molar-refractivity contribution in [1.82, 2.24) is 10.2 Å². The zero-order valence-corrected chi connectivity index (χ0v) is 20.0. The largest absolute Gasteiger partial charge is 0.496 e. The molecule has 1 amide bonds. The molecule has 32 heavy (non-hydrogen) atoms. The number of nitrogens with one attached hydrogen (secondary N) is 1. The third kappa shape index (κ3) is 5.89. The van der Waals surface area contributed by atoms with E-state index in [1.54, 1.807) is 20.1 Å². The molecule has 0 aliphatic heterocycles. The van der Waals surface area contributed by atoms with E-state index in [0.717, 1.165) is 23.7 Å². The number of thiophene rings is 1. The van der Waals surface area contributed by atoms with Crippen molar-refractivity contribution in [3.8, 4) is 17.2 Å². The van der Waals surface area contributed by atoms with Gasteiger partial charge in [-0.05, 0) is 42.3 Å². The molecule has 3 aromatic rings. The minimum Gasteiger partial charge on any atom is -0.496 e. The van der Waals surface area contributed by atoms with Gasteiger partial charge in [0.25, 0.3) is 11.1 Å². The predicted octanol–water partition coefficient (Wildman–Crippen LogP) is 4.91. The van der Waals surface area contributed by atoms with Gasteiger partial charge in [-0.2, -0.15) is 0 Å². The van der Waals surface area contributed by atoms with E-state index in [2.05, 4.69) is 29.4 Å². The van der Waals surface area contributed by atoms with Crippen molar-refractivity contribution >= 4 is 40.0 Å². The Morgan fingerprint density at radius 3 is 2.75 bits per heavy atom. The van der Waals surface area contributed by atoms with Gasteiger partial charge in [0.2, 0.25) is 5.91 Å². The number of aromatic nitrogens is 2. The number of benzene rings is 1. The van der Waals surface area contributed by atoms with E-state index >= 15 is 0 Å². The van der Waals surface area contributed by atoms with Crippen LogP contribution in [0.25, 0.3) is 11.5 Å². The van der Waals surface area contributed by atoms with Gasteiger partial charge in [0.15, 0.2) is 0 Å². The highest BCUT2D eigenvalue weighted by Crippen LogP contribution is 2.32. The molecule has 10 heteroatoms. The number of esters is 1. The molecule has 170 valence electrons. The topological polar surface area (TPSA) is 104 Å². The van der Waals surface area contributed by atoms with Crippen molar-refractivity contribution in [2.45, 2.75) is 32.4 Å². The summed E-state index contributed by atoms with van der Waals surface area (Å²) in [4.78, 5) is 25.0. The molecule has 0 radical (unpaired) electrons. The number of hydrogen-bond acceptors (Lipinski definition) is 9. The quantitative estimate of drug-likeness (QED) is 0.326. The van der Waals surface area contributed by atoms with Crippen LogP contribution in [0.2, 0.25) is 0 Å². The Morgan fingerprint density at radius 1 is 1.25 bits per heavy atom. The van der Waals surface area contributed by atoms with Crippen LogP contribution in [0, 0.1) is 5.92 Å². The lowest BCUT2D eigenvalue weighted by atomic mass is 10.0. The number of carbonyl (C=O) groups is 2. The number of nitrogens with zero attached hydrogens (tertiary/aromatic N) is 2. The number of rotatable bonds is 10. The third-order valence-corrected chi connectivity index (χ3v) is 6.06. The van der Waals surface area contributed by atoms with Crippen molar-refractivity contribution < 1.29 is 23.5 Å². The molecule has 0 bridgehead atoms. The average Bonchev–Trinajstić information content (AvgIpc) is 3.39. The molecule has 0 saturated carbocycles. The van der Waals surface area contributed by atoms with Crippen molar-refractivity contribution in [2.24, 2.45) is 5.92 Å². The lowest BCUT2D eigenvalue weighted by Crippen LogP contribution is -2.17. The van der Waals surface area contributed by atoms with Crippen LogP contribution in [0.4, 0.5) is 5.00 Å². The first-order valence-electron chi connectivity index (χ1n) is 10.1. The van der Waals surface area contributed by atoms with Crippen molar-refractivity contribution in [3.05, 3.63) is 40.8 Å². The van der Waals surface area contributed by atoms with Crippen LogP contribution in [-0.4, -0.2) is 41.5 Å². The summed E-state index contributed by atoms with van der Waals surface area (Å²) in [6.45, 7) is 6.17. The second-order valence-corrected chi connectivity index (χ2v) is 9.00. The summed E-state index contributed by atoms with van der Waals surface area (Å²) in [7, 11) is 1.57. The number of hydrogen-bond donors (Lipinski definition) is 1. The van der Waals surface area contributed by atoms with Gasteiger partial charge >= 0.3 is 5.97 Å². The first-order valence-corrected chi connectivity index (χ1v) is 12.0. The first kappa shape index (κ1) is 23.8. The summed E-state index contributed by atoms with van der Waals surface area (Å²) in [6, 6.07) is 7.31. The van der Waals surface area contributed by atoms with Gasteiger partial charge in [0, 0.05) is 0 Å². The number of para-hydroxylation sites is 1. The lowest BCUT2D eigenvalue weighted by Gasteiger charge is -2.09. The van der Waals surface area contributed by atoms with E-state index in [9.17, 15) is 9.59 Å². The normalized spacial score (nSPS) is 10.9. The van der Waals surface area contributed by atoms with Gasteiger partial charge in [-0.25, -0.2) is 4.79 Å². The van der Waals surface area contributed by atoms with Gasteiger partial charge in [-0.15, -0.1) is 21.5 Å². The lowest BCUT2D eigenvalue weighted by molar-refractivity contribution is -0.113. The summed E-state index contributed by atoms with van der Waals surface area (Å²) in [5, 5.41) is 13.5. The van der Waals surface area contributed by atoms with Crippen LogP contribution >= 0.6 is 23.1 Å². The molecule has 0 fully saturated rings. The summed E-state index contributed by atoms with van der Waals surface area (Å²) >= 11 is 2.43. The van der Waals surface area contributed by atoms with Crippen molar-refractivity contribution in [1.29, 1.82) is 0 Å². The highest BCUT2D eigenvalue weighted by Gasteiger charge is 2.22. The maximum atomic E-state index is 12.5. The Balaban J connectivity index is 1.66. The molecule has 1 aromatic carbocycles. The van der Waals surface area contributed by atoms with Crippen LogP contribution in [0.15, 0.2) is 39.3 Å². The third-order valence-electron chi connectivity index (χ3n) is 4.30. The average molecular weight is 476 g/mol. The Bertz CT molecular complexity index is 1080. The predicted molar refractivity (Wildman–Crippen MR) is 124 cm³/mol. The second-order valence-electron chi connectivity index (χ2n) is 7.19. The van der Waals surface area contributed by atoms with E-state index in [1.165, 1.54) is 11.3 Å². The summed E-state index contributed by atoms with van der Waals surface area (Å²) < 4.78 is 16.2. The van der Waals surface area contributed by atoms with Crippen LogP contribution in [0.3, 0.4) is 0 Å². The fourth-order valence-corrected chi connectivity index (χ4v) is 4.53. The summed E-state index contributed by atoms with van der Waals surface area (Å²) in [5.74, 6) is 0.638. The molecular formula is C22H25N3O5S2. The molecule has 0 aliphatic rings. The molecule has 2 aromatic heterocycles. The number of ether oxygens (including phenoxy) is 2. The van der Waals surface area contributed by atoms with E-state index in [-0.39, 0.29) is 23.5 Å². The van der Waals surface area contributed by atoms with E-state index in [0.29, 0.717) is 33.7 Å². The molecule has 0 spiro atoms. The molecular weight excluding hydrogens is 450 g/mol. The highest BCUT2D eigenvalue weighted by atomic mass is 32.2. The maximum Gasteiger partial charge on any atom is 0.341 e. The molecule has 0 unspecified atom stereocenters. The zero-order chi connectivity index (χ0) is 23.1. The van der Waals surface area contributed by atoms with E-state index < -0.39 is 5.97 Å². The maximum absolute atomic E-state index is 12.5. The van der Waals surface area contributed by atoms with Crippen molar-refractivity contribution in [2.75, 3.05) is 24.8 Å². The second kappa shape index (κ2) is 11.1. The van der Waals surface area contributed by atoms with Gasteiger partial charge in [-0.3, -0.25) is 4.79 Å². The zero-order valence-electron chi connectivity index (χ0n) is 18.3. The molecule has 1 N–H and O–H groups in total. The van der Waals surface area contributed by atoms with E-state index in [4.69, 9.17) is 13.9 Å². The standard InChI is InChI=1S/C22H25N3O5S2/c1-5-29-21(27)18-14(10-13(2)3)11-31-20(18)23-17(26)12-32-22-25-24-19(30-22)15-8-6-7-9-16(15)28-4/h6-9,11,13H,5,10,12H2,1-4H3,(H,23,26). The number of anilines is 1. The fourth-order valence-electron chi connectivity index (χ4n) is 2.99. The number of carbonyl (C=O) groups excluding carboxylic acids is 2. The number of methoxy groups -OCH3 is 1. The van der Waals surface area contributed by atoms with Gasteiger partial charge < -0.3 is 19.2 Å². The highest BCUT2D eigenvalue weighted by molar-refractivity contribution is 7.99. The van der Waals surface area contributed by atoms with Gasteiger partial charge in [-0.1, -0.05) is 37.7 Å².